The van der Waals surface area contributed by atoms with E-state index >= 15 is 0 Å². The average molecular weight is 496 g/mol. The predicted octanol–water partition coefficient (Wildman–Crippen LogP) is 3.28. The summed E-state index contributed by atoms with van der Waals surface area (Å²) < 4.78 is 0. The SMILES string of the molecule is Cc1cccc(C)c1NC(=O)CN(CC(=O)NC(=O)NCC(C)C)CC(=O)Nc1c(C)cccc1C. The summed E-state index contributed by atoms with van der Waals surface area (Å²) in [5.74, 6) is -1.13. The highest BCUT2D eigenvalue weighted by Gasteiger charge is 2.20. The van der Waals surface area contributed by atoms with Crippen LogP contribution in [0.15, 0.2) is 36.4 Å². The summed E-state index contributed by atoms with van der Waals surface area (Å²) in [6.07, 6.45) is 0. The number of benzene rings is 2. The first-order chi connectivity index (χ1) is 17.0. The minimum absolute atomic E-state index is 0.213. The van der Waals surface area contributed by atoms with Crippen molar-refractivity contribution in [1.82, 2.24) is 15.5 Å². The third-order valence-electron chi connectivity index (χ3n) is 5.52. The number of rotatable bonds is 10. The normalized spacial score (nSPS) is 10.8. The van der Waals surface area contributed by atoms with Crippen molar-refractivity contribution in [3.8, 4) is 0 Å². The van der Waals surface area contributed by atoms with E-state index in [9.17, 15) is 19.2 Å². The first-order valence-corrected chi connectivity index (χ1v) is 12.0. The third kappa shape index (κ3) is 9.14. The minimum atomic E-state index is -0.617. The summed E-state index contributed by atoms with van der Waals surface area (Å²) >= 11 is 0. The Labute approximate surface area is 213 Å². The number of hydrogen-bond donors (Lipinski definition) is 4. The quantitative estimate of drug-likeness (QED) is 0.403. The highest BCUT2D eigenvalue weighted by atomic mass is 16.2. The fraction of sp³-hybridized carbons (Fsp3) is 0.407. The van der Waals surface area contributed by atoms with E-state index in [4.69, 9.17) is 0 Å². The molecule has 2 rings (SSSR count). The van der Waals surface area contributed by atoms with E-state index in [0.717, 1.165) is 22.3 Å². The van der Waals surface area contributed by atoms with Gasteiger partial charge in [0.25, 0.3) is 0 Å². The van der Waals surface area contributed by atoms with Gasteiger partial charge in [-0.3, -0.25) is 24.6 Å². The molecule has 0 aliphatic heterocycles. The van der Waals surface area contributed by atoms with E-state index < -0.39 is 11.9 Å². The number of amides is 5. The number of aryl methyl sites for hydroxylation is 4. The van der Waals surface area contributed by atoms with Crippen LogP contribution in [0.3, 0.4) is 0 Å². The molecule has 4 N–H and O–H groups in total. The summed E-state index contributed by atoms with van der Waals surface area (Å²) in [7, 11) is 0. The molecule has 0 fully saturated rings. The molecule has 0 radical (unpaired) electrons. The van der Waals surface area contributed by atoms with Gasteiger partial charge in [0.05, 0.1) is 19.6 Å². The Hall–Kier alpha value is -3.72. The van der Waals surface area contributed by atoms with Crippen molar-refractivity contribution in [3.63, 3.8) is 0 Å². The van der Waals surface area contributed by atoms with Crippen molar-refractivity contribution >= 4 is 35.1 Å². The number of imide groups is 1. The second-order valence-electron chi connectivity index (χ2n) is 9.43. The Morgan fingerprint density at radius 1 is 0.694 bits per heavy atom. The maximum Gasteiger partial charge on any atom is 0.321 e. The van der Waals surface area contributed by atoms with Crippen LogP contribution >= 0.6 is 0 Å². The Morgan fingerprint density at radius 3 is 1.47 bits per heavy atom. The van der Waals surface area contributed by atoms with Gasteiger partial charge in [-0.05, 0) is 55.9 Å². The van der Waals surface area contributed by atoms with Gasteiger partial charge in [0.15, 0.2) is 0 Å². The molecule has 5 amide bonds. The van der Waals surface area contributed by atoms with Gasteiger partial charge >= 0.3 is 6.03 Å². The molecule has 0 saturated carbocycles. The van der Waals surface area contributed by atoms with Gasteiger partial charge in [-0.2, -0.15) is 0 Å². The lowest BCUT2D eigenvalue weighted by Gasteiger charge is -2.22. The van der Waals surface area contributed by atoms with Gasteiger partial charge in [0.1, 0.15) is 0 Å². The van der Waals surface area contributed by atoms with Crippen LogP contribution in [-0.2, 0) is 14.4 Å². The smallest absolute Gasteiger partial charge is 0.321 e. The first-order valence-electron chi connectivity index (χ1n) is 12.0. The Kier molecular flexibility index (Phi) is 10.6. The number of hydrogen-bond acceptors (Lipinski definition) is 5. The Morgan fingerprint density at radius 2 is 1.08 bits per heavy atom. The average Bonchev–Trinajstić information content (AvgIpc) is 2.77. The van der Waals surface area contributed by atoms with Crippen LogP contribution in [0, 0.1) is 33.6 Å². The van der Waals surface area contributed by atoms with Crippen molar-refractivity contribution in [2.45, 2.75) is 41.5 Å². The fourth-order valence-electron chi connectivity index (χ4n) is 3.67. The number of carbonyl (C=O) groups excluding carboxylic acids is 4. The van der Waals surface area contributed by atoms with Crippen LogP contribution in [0.1, 0.15) is 36.1 Å². The van der Waals surface area contributed by atoms with Crippen LogP contribution < -0.4 is 21.3 Å². The largest absolute Gasteiger partial charge is 0.338 e. The summed E-state index contributed by atoms with van der Waals surface area (Å²) in [5.41, 5.74) is 5.01. The molecule has 194 valence electrons. The second-order valence-corrected chi connectivity index (χ2v) is 9.43. The molecule has 0 unspecified atom stereocenters. The highest BCUT2D eigenvalue weighted by Crippen LogP contribution is 2.20. The molecule has 0 saturated heterocycles. The van der Waals surface area contributed by atoms with E-state index in [1.54, 1.807) is 0 Å². The molecule has 2 aromatic rings. The maximum atomic E-state index is 12.9. The Balaban J connectivity index is 2.11. The maximum absolute atomic E-state index is 12.9. The lowest BCUT2D eigenvalue weighted by atomic mass is 10.1. The number of urea groups is 1. The molecule has 0 aliphatic rings. The number of anilines is 2. The molecule has 9 heteroatoms. The molecule has 0 bridgehead atoms. The molecule has 0 spiro atoms. The minimum Gasteiger partial charge on any atom is -0.338 e. The molecular weight excluding hydrogens is 458 g/mol. The van der Waals surface area contributed by atoms with Gasteiger partial charge < -0.3 is 16.0 Å². The molecule has 36 heavy (non-hydrogen) atoms. The van der Waals surface area contributed by atoms with Crippen LogP contribution in [0.4, 0.5) is 16.2 Å². The molecule has 0 aliphatic carbocycles. The summed E-state index contributed by atoms with van der Waals surface area (Å²) in [5, 5.41) is 10.6. The highest BCUT2D eigenvalue weighted by molar-refractivity contribution is 5.98. The molecule has 0 aromatic heterocycles. The third-order valence-corrected chi connectivity index (χ3v) is 5.52. The number of para-hydroxylation sites is 2. The van der Waals surface area contributed by atoms with E-state index in [2.05, 4.69) is 21.3 Å². The van der Waals surface area contributed by atoms with Crippen LogP contribution in [0.2, 0.25) is 0 Å². The van der Waals surface area contributed by atoms with Crippen molar-refractivity contribution in [1.29, 1.82) is 0 Å². The van der Waals surface area contributed by atoms with Crippen LogP contribution in [0.5, 0.6) is 0 Å². The second kappa shape index (κ2) is 13.4. The van der Waals surface area contributed by atoms with Gasteiger partial charge in [-0.25, -0.2) is 4.79 Å². The summed E-state index contributed by atoms with van der Waals surface area (Å²) in [4.78, 5) is 51.6. The predicted molar refractivity (Wildman–Crippen MR) is 142 cm³/mol. The first kappa shape index (κ1) is 28.5. The zero-order chi connectivity index (χ0) is 26.8. The van der Waals surface area contributed by atoms with Gasteiger partial charge in [-0.1, -0.05) is 50.2 Å². The molecule has 0 atom stereocenters. The molecule has 0 heterocycles. The standard InChI is InChI=1S/C27H37N5O4/c1-17(2)13-28-27(36)31-24(35)16-32(14-22(33)29-25-18(3)9-7-10-19(25)4)15-23(34)30-26-20(5)11-8-12-21(26)6/h7-12,17H,13-16H2,1-6H3,(H,29,33)(H,30,34)(H2,28,31,35,36). The van der Waals surface area contributed by atoms with Gasteiger partial charge in [0.2, 0.25) is 17.7 Å². The molecule has 2 aromatic carbocycles. The number of nitrogens with one attached hydrogen (secondary N) is 4. The molecular formula is C27H37N5O4. The zero-order valence-electron chi connectivity index (χ0n) is 22.0. The Bertz CT molecular complexity index is 1010. The fourth-order valence-corrected chi connectivity index (χ4v) is 3.67. The van der Waals surface area contributed by atoms with Gasteiger partial charge in [-0.15, -0.1) is 0 Å². The van der Waals surface area contributed by atoms with E-state index in [0.29, 0.717) is 17.9 Å². The monoisotopic (exact) mass is 495 g/mol. The lowest BCUT2D eigenvalue weighted by Crippen LogP contribution is -2.48. The molecule has 9 nitrogen and oxygen atoms in total. The number of carbonyl (C=O) groups is 4. The van der Waals surface area contributed by atoms with Crippen molar-refractivity contribution in [2.24, 2.45) is 5.92 Å². The van der Waals surface area contributed by atoms with E-state index in [1.807, 2.05) is 77.9 Å². The number of nitrogens with zero attached hydrogens (tertiary/aromatic N) is 1. The topological polar surface area (TPSA) is 120 Å². The van der Waals surface area contributed by atoms with E-state index in [-0.39, 0.29) is 37.4 Å². The van der Waals surface area contributed by atoms with Crippen molar-refractivity contribution in [2.75, 3.05) is 36.8 Å². The van der Waals surface area contributed by atoms with Gasteiger partial charge in [0, 0.05) is 17.9 Å². The summed E-state index contributed by atoms with van der Waals surface area (Å²) in [6, 6.07) is 10.7. The van der Waals surface area contributed by atoms with Crippen LogP contribution in [0.25, 0.3) is 0 Å². The van der Waals surface area contributed by atoms with E-state index in [1.165, 1.54) is 4.90 Å². The summed E-state index contributed by atoms with van der Waals surface area (Å²) in [6.45, 7) is 11.1. The van der Waals surface area contributed by atoms with Crippen molar-refractivity contribution < 1.29 is 19.2 Å². The lowest BCUT2D eigenvalue weighted by molar-refractivity contribution is -0.124. The van der Waals surface area contributed by atoms with Crippen LogP contribution in [-0.4, -0.2) is 54.8 Å². The van der Waals surface area contributed by atoms with Crippen molar-refractivity contribution in [3.05, 3.63) is 58.7 Å². The zero-order valence-corrected chi connectivity index (χ0v) is 22.0.